The average molecular weight is 399 g/mol. The first-order valence-electron chi connectivity index (χ1n) is 8.29. The Morgan fingerprint density at radius 3 is 2.07 bits per heavy atom. The maximum absolute atomic E-state index is 12.7. The van der Waals surface area contributed by atoms with E-state index in [0.717, 1.165) is 6.07 Å². The fourth-order valence-corrected chi connectivity index (χ4v) is 3.03. The number of aliphatic hydroxyl groups is 1. The van der Waals surface area contributed by atoms with Gasteiger partial charge in [-0.1, -0.05) is 31.2 Å². The molecule has 2 N–H and O–H groups in total. The molecule has 0 bridgehead atoms. The van der Waals surface area contributed by atoms with Crippen molar-refractivity contribution in [2.45, 2.75) is 32.7 Å². The predicted molar refractivity (Wildman–Crippen MR) is 91.4 cm³/mol. The van der Waals surface area contributed by atoms with Gasteiger partial charge in [-0.3, -0.25) is 5.10 Å². The summed E-state index contributed by atoms with van der Waals surface area (Å²) in [4.78, 5) is 0. The van der Waals surface area contributed by atoms with Gasteiger partial charge < -0.3 is 14.6 Å². The number of halogens is 4. The fourth-order valence-electron chi connectivity index (χ4n) is 3.03. The molecule has 0 aliphatic heterocycles. The minimum absolute atomic E-state index is 0.281. The molecule has 150 valence electrons. The molecule has 0 aliphatic rings. The lowest BCUT2D eigenvalue weighted by Crippen LogP contribution is -2.33. The summed E-state index contributed by atoms with van der Waals surface area (Å²) < 4.78 is 59.1. The van der Waals surface area contributed by atoms with E-state index in [1.54, 1.807) is 32.0 Å². The van der Waals surface area contributed by atoms with Crippen LogP contribution in [0.1, 0.15) is 25.1 Å². The number of aromatic amines is 1. The molecule has 10 heteroatoms. The molecule has 1 atom stereocenters. The zero-order chi connectivity index (χ0) is 20.5. The van der Waals surface area contributed by atoms with Gasteiger partial charge in [0, 0.05) is 6.20 Å². The van der Waals surface area contributed by atoms with Crippen LogP contribution in [0.2, 0.25) is 0 Å². The predicted octanol–water partition coefficient (Wildman–Crippen LogP) is 4.05. The maximum Gasteiger partial charge on any atom is 0.387 e. The van der Waals surface area contributed by atoms with Crippen molar-refractivity contribution in [3.63, 3.8) is 0 Å². The van der Waals surface area contributed by atoms with E-state index in [-0.39, 0.29) is 11.6 Å². The lowest BCUT2D eigenvalue weighted by atomic mass is 9.80. The number of nitrogens with zero attached hydrogens (tertiary/aromatic N) is 2. The molecule has 2 aromatic carbocycles. The first-order valence-corrected chi connectivity index (χ1v) is 8.29. The SMILES string of the molecule is CC(C)[C@](O)(c1ccc2cc(OC(F)F)c(OC(F)F)cc2c1)c1c[nH]nn1. The summed E-state index contributed by atoms with van der Waals surface area (Å²) in [5, 5.41) is 22.1. The summed E-state index contributed by atoms with van der Waals surface area (Å²) in [6.45, 7) is -2.86. The normalized spacial score (nSPS) is 14.1. The zero-order valence-corrected chi connectivity index (χ0v) is 14.9. The zero-order valence-electron chi connectivity index (χ0n) is 14.9. The fraction of sp³-hybridized carbons (Fsp3) is 0.333. The molecule has 0 unspecified atom stereocenters. The first-order chi connectivity index (χ1) is 13.2. The number of rotatable bonds is 7. The van der Waals surface area contributed by atoms with E-state index in [1.165, 1.54) is 12.3 Å². The number of aromatic nitrogens is 3. The smallest absolute Gasteiger partial charge is 0.387 e. The van der Waals surface area contributed by atoms with Gasteiger partial charge >= 0.3 is 13.2 Å². The van der Waals surface area contributed by atoms with Crippen molar-refractivity contribution in [1.82, 2.24) is 15.4 Å². The molecule has 0 amide bonds. The van der Waals surface area contributed by atoms with E-state index < -0.39 is 30.3 Å². The summed E-state index contributed by atoms with van der Waals surface area (Å²) in [6, 6.07) is 7.04. The highest BCUT2D eigenvalue weighted by Crippen LogP contribution is 2.39. The second kappa shape index (κ2) is 7.63. The van der Waals surface area contributed by atoms with Crippen LogP contribution in [-0.2, 0) is 5.60 Å². The summed E-state index contributed by atoms with van der Waals surface area (Å²) in [5.41, 5.74) is -0.804. The van der Waals surface area contributed by atoms with Crippen LogP contribution in [0, 0.1) is 5.92 Å². The lowest BCUT2D eigenvalue weighted by molar-refractivity contribution is -0.0690. The Labute approximate surface area is 157 Å². The van der Waals surface area contributed by atoms with Crippen LogP contribution >= 0.6 is 0 Å². The Kier molecular flexibility index (Phi) is 5.41. The highest BCUT2D eigenvalue weighted by molar-refractivity contribution is 5.87. The van der Waals surface area contributed by atoms with Gasteiger partial charge in [0.1, 0.15) is 11.3 Å². The number of alkyl halides is 4. The van der Waals surface area contributed by atoms with Gasteiger partial charge in [-0.25, -0.2) is 0 Å². The molecule has 3 rings (SSSR count). The third-order valence-electron chi connectivity index (χ3n) is 4.42. The molecule has 0 fully saturated rings. The van der Waals surface area contributed by atoms with E-state index in [1.807, 2.05) is 0 Å². The van der Waals surface area contributed by atoms with E-state index in [2.05, 4.69) is 24.9 Å². The molecule has 28 heavy (non-hydrogen) atoms. The number of benzene rings is 2. The third kappa shape index (κ3) is 3.72. The summed E-state index contributed by atoms with van der Waals surface area (Å²) in [7, 11) is 0. The molecule has 3 aromatic rings. The number of hydrogen-bond acceptors (Lipinski definition) is 5. The van der Waals surface area contributed by atoms with Crippen molar-refractivity contribution in [2.24, 2.45) is 5.92 Å². The minimum atomic E-state index is -3.22. The van der Waals surface area contributed by atoms with Crippen molar-refractivity contribution in [2.75, 3.05) is 0 Å². The average Bonchev–Trinajstić information content (AvgIpc) is 3.15. The Balaban J connectivity index is 2.14. The first kappa shape index (κ1) is 19.9. The summed E-state index contributed by atoms with van der Waals surface area (Å²) in [5.74, 6) is -1.35. The minimum Gasteiger partial charge on any atom is -0.431 e. The number of ether oxygens (including phenoxy) is 2. The van der Waals surface area contributed by atoms with Crippen LogP contribution in [0.3, 0.4) is 0 Å². The molecular formula is C18H17F4N3O3. The topological polar surface area (TPSA) is 80.3 Å². The lowest BCUT2D eigenvalue weighted by Gasteiger charge is -2.31. The summed E-state index contributed by atoms with van der Waals surface area (Å²) in [6.07, 6.45) is 1.45. The molecular weight excluding hydrogens is 382 g/mol. The van der Waals surface area contributed by atoms with Gasteiger partial charge in [-0.2, -0.15) is 17.6 Å². The largest absolute Gasteiger partial charge is 0.431 e. The van der Waals surface area contributed by atoms with Crippen LogP contribution < -0.4 is 9.47 Å². The van der Waals surface area contributed by atoms with Crippen LogP contribution in [0.25, 0.3) is 10.8 Å². The molecule has 0 spiro atoms. The maximum atomic E-state index is 12.7. The number of hydrogen-bond donors (Lipinski definition) is 2. The van der Waals surface area contributed by atoms with Crippen molar-refractivity contribution in [3.8, 4) is 11.5 Å². The molecule has 0 saturated heterocycles. The molecule has 6 nitrogen and oxygen atoms in total. The van der Waals surface area contributed by atoms with Gasteiger partial charge in [0.15, 0.2) is 11.5 Å². The standard InChI is InChI=1S/C18H17F4N3O3/c1-9(2)18(26,15-8-23-25-24-15)12-4-3-10-6-13(27-16(19)20)14(28-17(21)22)7-11(10)5-12/h3-9,16-17,26H,1-2H3,(H,23,24,25)/t18-/m0/s1. The monoisotopic (exact) mass is 399 g/mol. The molecule has 0 saturated carbocycles. The second-order valence-corrected chi connectivity index (χ2v) is 6.40. The third-order valence-corrected chi connectivity index (χ3v) is 4.42. The number of nitrogens with one attached hydrogen (secondary N) is 1. The van der Waals surface area contributed by atoms with Crippen LogP contribution in [0.5, 0.6) is 11.5 Å². The Morgan fingerprint density at radius 1 is 0.964 bits per heavy atom. The molecule has 1 aromatic heterocycles. The number of H-pyrrole nitrogens is 1. The van der Waals surface area contributed by atoms with Crippen molar-refractivity contribution < 1.29 is 32.1 Å². The second-order valence-electron chi connectivity index (χ2n) is 6.40. The van der Waals surface area contributed by atoms with E-state index >= 15 is 0 Å². The highest BCUT2D eigenvalue weighted by atomic mass is 19.3. The van der Waals surface area contributed by atoms with Gasteiger partial charge in [0.05, 0.1) is 0 Å². The Morgan fingerprint density at radius 2 is 1.57 bits per heavy atom. The molecule has 1 heterocycles. The van der Waals surface area contributed by atoms with Crippen molar-refractivity contribution in [1.29, 1.82) is 0 Å². The summed E-state index contributed by atoms with van der Waals surface area (Å²) >= 11 is 0. The van der Waals surface area contributed by atoms with Crippen molar-refractivity contribution >= 4 is 10.8 Å². The van der Waals surface area contributed by atoms with E-state index in [4.69, 9.17) is 0 Å². The van der Waals surface area contributed by atoms with Crippen LogP contribution in [0.15, 0.2) is 36.5 Å². The van der Waals surface area contributed by atoms with E-state index in [0.29, 0.717) is 16.3 Å². The Hall–Kier alpha value is -2.88. The Bertz CT molecular complexity index is 951. The van der Waals surface area contributed by atoms with E-state index in [9.17, 15) is 22.7 Å². The van der Waals surface area contributed by atoms with Gasteiger partial charge in [-0.15, -0.1) is 5.10 Å². The molecule has 0 radical (unpaired) electrons. The van der Waals surface area contributed by atoms with Gasteiger partial charge in [-0.05, 0) is 40.5 Å². The van der Waals surface area contributed by atoms with Gasteiger partial charge in [0.25, 0.3) is 0 Å². The van der Waals surface area contributed by atoms with Crippen LogP contribution in [0.4, 0.5) is 17.6 Å². The van der Waals surface area contributed by atoms with Gasteiger partial charge in [0.2, 0.25) is 0 Å². The van der Waals surface area contributed by atoms with Crippen molar-refractivity contribution in [3.05, 3.63) is 47.8 Å². The highest BCUT2D eigenvalue weighted by Gasteiger charge is 2.38. The number of fused-ring (bicyclic) bond motifs is 1. The molecule has 0 aliphatic carbocycles. The van der Waals surface area contributed by atoms with Crippen LogP contribution in [-0.4, -0.2) is 33.7 Å². The quantitative estimate of drug-likeness (QED) is 0.586.